The number of nitrogens with zero attached hydrogens (tertiary/aromatic N) is 1. The first-order valence-corrected chi connectivity index (χ1v) is 7.00. The number of hydrogen-bond donors (Lipinski definition) is 0. The Morgan fingerprint density at radius 1 is 1.22 bits per heavy atom. The van der Waals surface area contributed by atoms with Crippen LogP contribution in [-0.2, 0) is 6.42 Å². The van der Waals surface area contributed by atoms with Crippen molar-refractivity contribution in [2.75, 3.05) is 0 Å². The lowest BCUT2D eigenvalue weighted by Crippen LogP contribution is -1.98. The zero-order valence-electron chi connectivity index (χ0n) is 12.0. The molecule has 0 radical (unpaired) electrons. The fourth-order valence-corrected chi connectivity index (χ4v) is 2.45. The van der Waals surface area contributed by atoms with Gasteiger partial charge in [0.25, 0.3) is 0 Å². The third kappa shape index (κ3) is 4.14. The molecule has 0 aromatic carbocycles. The van der Waals surface area contributed by atoms with Crippen LogP contribution in [0.1, 0.15) is 52.0 Å². The van der Waals surface area contributed by atoms with E-state index in [0.29, 0.717) is 0 Å². The number of pyridine rings is 1. The molecule has 0 fully saturated rings. The van der Waals surface area contributed by atoms with E-state index in [0.717, 1.165) is 19.3 Å². The molecule has 0 unspecified atom stereocenters. The molecule has 1 rings (SSSR count). The van der Waals surface area contributed by atoms with Crippen LogP contribution in [0.25, 0.3) is 0 Å². The summed E-state index contributed by atoms with van der Waals surface area (Å²) in [7, 11) is 0. The lowest BCUT2D eigenvalue weighted by Gasteiger charge is -2.15. The molecule has 1 heterocycles. The van der Waals surface area contributed by atoms with Gasteiger partial charge < -0.3 is 0 Å². The summed E-state index contributed by atoms with van der Waals surface area (Å²) in [4.78, 5) is 4.17. The molecule has 0 saturated heterocycles. The molecule has 0 aliphatic heterocycles. The molecule has 0 saturated carbocycles. The molecule has 1 nitrogen and oxygen atoms in total. The van der Waals surface area contributed by atoms with Gasteiger partial charge in [-0.15, -0.1) is 0 Å². The van der Waals surface area contributed by atoms with Crippen molar-refractivity contribution >= 4 is 0 Å². The van der Waals surface area contributed by atoms with Crippen molar-refractivity contribution in [1.29, 1.82) is 0 Å². The van der Waals surface area contributed by atoms with Gasteiger partial charge in [-0.2, -0.15) is 0 Å². The molecule has 1 aromatic heterocycles. The van der Waals surface area contributed by atoms with Gasteiger partial charge in [0.2, 0.25) is 0 Å². The Kier molecular flexibility index (Phi) is 6.42. The van der Waals surface area contributed by atoms with Crippen molar-refractivity contribution in [2.24, 2.45) is 0 Å². The van der Waals surface area contributed by atoms with E-state index in [2.05, 4.69) is 38.4 Å². The number of allylic oxidation sites excluding steroid dienone is 3. The third-order valence-corrected chi connectivity index (χ3v) is 3.33. The summed E-state index contributed by atoms with van der Waals surface area (Å²) in [6, 6.07) is 4.11. The monoisotopic (exact) mass is 243 g/mol. The first-order chi connectivity index (χ1) is 8.72. The SMILES string of the molecule is C=C(Cc1cccnc1)/C(CC)=C(\CC)CCC. The lowest BCUT2D eigenvalue weighted by molar-refractivity contribution is 0.827. The Hall–Kier alpha value is -1.37. The average Bonchev–Trinajstić information content (AvgIpc) is 2.39. The summed E-state index contributed by atoms with van der Waals surface area (Å²) < 4.78 is 0. The summed E-state index contributed by atoms with van der Waals surface area (Å²) in [5.41, 5.74) is 5.56. The van der Waals surface area contributed by atoms with E-state index in [9.17, 15) is 0 Å². The highest BCUT2D eigenvalue weighted by atomic mass is 14.6. The van der Waals surface area contributed by atoms with Crippen LogP contribution in [0.4, 0.5) is 0 Å². The van der Waals surface area contributed by atoms with Crippen LogP contribution in [0, 0.1) is 0 Å². The van der Waals surface area contributed by atoms with Crippen molar-refractivity contribution < 1.29 is 0 Å². The van der Waals surface area contributed by atoms with E-state index in [1.807, 2.05) is 18.5 Å². The van der Waals surface area contributed by atoms with Gasteiger partial charge >= 0.3 is 0 Å². The normalized spacial score (nSPS) is 12.2. The van der Waals surface area contributed by atoms with Crippen molar-refractivity contribution in [3.63, 3.8) is 0 Å². The summed E-state index contributed by atoms with van der Waals surface area (Å²) >= 11 is 0. The number of rotatable bonds is 7. The van der Waals surface area contributed by atoms with Crippen molar-refractivity contribution in [1.82, 2.24) is 4.98 Å². The lowest BCUT2D eigenvalue weighted by atomic mass is 9.91. The molecule has 18 heavy (non-hydrogen) atoms. The number of hydrogen-bond acceptors (Lipinski definition) is 1. The van der Waals surface area contributed by atoms with Crippen LogP contribution in [0.3, 0.4) is 0 Å². The summed E-state index contributed by atoms with van der Waals surface area (Å²) in [6.45, 7) is 11.0. The molecule has 98 valence electrons. The summed E-state index contributed by atoms with van der Waals surface area (Å²) in [6.07, 6.45) is 9.31. The largest absolute Gasteiger partial charge is 0.264 e. The van der Waals surface area contributed by atoms with Crippen LogP contribution in [0.2, 0.25) is 0 Å². The fourth-order valence-electron chi connectivity index (χ4n) is 2.45. The van der Waals surface area contributed by atoms with Crippen molar-refractivity contribution in [3.05, 3.63) is 53.4 Å². The van der Waals surface area contributed by atoms with E-state index < -0.39 is 0 Å². The first kappa shape index (κ1) is 14.7. The Labute approximate surface area is 112 Å². The Bertz CT molecular complexity index is 401. The first-order valence-electron chi connectivity index (χ1n) is 7.00. The van der Waals surface area contributed by atoms with Gasteiger partial charge in [0.15, 0.2) is 0 Å². The van der Waals surface area contributed by atoms with E-state index in [4.69, 9.17) is 0 Å². The van der Waals surface area contributed by atoms with Crippen LogP contribution < -0.4 is 0 Å². The molecular formula is C17H25N. The highest BCUT2D eigenvalue weighted by molar-refractivity contribution is 5.36. The molecule has 0 aliphatic carbocycles. The quantitative estimate of drug-likeness (QED) is 0.607. The van der Waals surface area contributed by atoms with Gasteiger partial charge in [-0.05, 0) is 48.5 Å². The van der Waals surface area contributed by atoms with Crippen LogP contribution in [0.5, 0.6) is 0 Å². The van der Waals surface area contributed by atoms with Gasteiger partial charge in [0.05, 0.1) is 0 Å². The zero-order chi connectivity index (χ0) is 13.4. The standard InChI is InChI=1S/C17H25N/c1-5-9-16(6-2)17(7-3)14(4)12-15-10-8-11-18-13-15/h8,10-11,13H,4-7,9,12H2,1-3H3/b17-16+. The molecule has 0 spiro atoms. The Balaban J connectivity index is 2.85. The smallest absolute Gasteiger partial charge is 0.0303 e. The van der Waals surface area contributed by atoms with Gasteiger partial charge in [0, 0.05) is 12.4 Å². The molecule has 0 bridgehead atoms. The second-order valence-corrected chi connectivity index (χ2v) is 4.68. The van der Waals surface area contributed by atoms with E-state index in [1.54, 1.807) is 5.57 Å². The van der Waals surface area contributed by atoms with Gasteiger partial charge in [-0.3, -0.25) is 4.98 Å². The highest BCUT2D eigenvalue weighted by Gasteiger charge is 2.07. The second kappa shape index (κ2) is 7.86. The molecule has 0 N–H and O–H groups in total. The Morgan fingerprint density at radius 3 is 2.50 bits per heavy atom. The second-order valence-electron chi connectivity index (χ2n) is 4.68. The minimum absolute atomic E-state index is 0.921. The molecular weight excluding hydrogens is 218 g/mol. The molecule has 0 atom stereocenters. The fraction of sp³-hybridized carbons (Fsp3) is 0.471. The van der Waals surface area contributed by atoms with E-state index in [-0.39, 0.29) is 0 Å². The van der Waals surface area contributed by atoms with Gasteiger partial charge in [-0.25, -0.2) is 0 Å². The molecule has 0 aliphatic rings. The van der Waals surface area contributed by atoms with Gasteiger partial charge in [0.1, 0.15) is 0 Å². The zero-order valence-corrected chi connectivity index (χ0v) is 12.0. The maximum absolute atomic E-state index is 4.29. The topological polar surface area (TPSA) is 12.9 Å². The predicted molar refractivity (Wildman–Crippen MR) is 79.6 cm³/mol. The maximum Gasteiger partial charge on any atom is 0.0303 e. The summed E-state index contributed by atoms with van der Waals surface area (Å²) in [5, 5.41) is 0. The number of aromatic nitrogens is 1. The molecule has 1 heteroatoms. The minimum atomic E-state index is 0.921. The average molecular weight is 243 g/mol. The summed E-state index contributed by atoms with van der Waals surface area (Å²) in [5.74, 6) is 0. The van der Waals surface area contributed by atoms with Gasteiger partial charge in [-0.1, -0.05) is 45.4 Å². The predicted octanol–water partition coefficient (Wildman–Crippen LogP) is 5.10. The van der Waals surface area contributed by atoms with Crippen LogP contribution in [-0.4, -0.2) is 4.98 Å². The highest BCUT2D eigenvalue weighted by Crippen LogP contribution is 2.25. The van der Waals surface area contributed by atoms with Crippen LogP contribution in [0.15, 0.2) is 47.8 Å². The maximum atomic E-state index is 4.29. The van der Waals surface area contributed by atoms with E-state index in [1.165, 1.54) is 29.6 Å². The molecule has 1 aromatic rings. The molecule has 0 amide bonds. The van der Waals surface area contributed by atoms with Crippen molar-refractivity contribution in [2.45, 2.75) is 52.9 Å². The Morgan fingerprint density at radius 2 is 2.00 bits per heavy atom. The van der Waals surface area contributed by atoms with Crippen molar-refractivity contribution in [3.8, 4) is 0 Å². The van der Waals surface area contributed by atoms with E-state index >= 15 is 0 Å². The minimum Gasteiger partial charge on any atom is -0.264 e. The third-order valence-electron chi connectivity index (χ3n) is 3.33. The van der Waals surface area contributed by atoms with Crippen LogP contribution >= 0.6 is 0 Å².